The molecule has 0 aliphatic heterocycles. The van der Waals surface area contributed by atoms with Crippen molar-refractivity contribution in [2.45, 2.75) is 45.1 Å². The first kappa shape index (κ1) is 23.0. The molecule has 0 radical (unpaired) electrons. The summed E-state index contributed by atoms with van der Waals surface area (Å²) >= 11 is 0. The first-order valence-corrected chi connectivity index (χ1v) is 9.37. The summed E-state index contributed by atoms with van der Waals surface area (Å²) < 4.78 is 10.7. The van der Waals surface area contributed by atoms with Crippen molar-refractivity contribution in [1.29, 1.82) is 0 Å². The Morgan fingerprint density at radius 2 is 1.63 bits per heavy atom. The molecule has 0 aliphatic carbocycles. The summed E-state index contributed by atoms with van der Waals surface area (Å²) in [4.78, 5) is 11.4. The van der Waals surface area contributed by atoms with Gasteiger partial charge in [0.25, 0.3) is 0 Å². The van der Waals surface area contributed by atoms with Gasteiger partial charge in [-0.2, -0.15) is 0 Å². The summed E-state index contributed by atoms with van der Waals surface area (Å²) in [7, 11) is 0. The smallest absolute Gasteiger partial charge is 0.322 e. The average molecular weight is 392 g/mol. The first-order valence-electron chi connectivity index (χ1n) is 9.37. The van der Waals surface area contributed by atoms with E-state index in [0.29, 0.717) is 19.6 Å². The number of rotatable bonds is 11. The predicted molar refractivity (Wildman–Crippen MR) is 112 cm³/mol. The van der Waals surface area contributed by atoms with Crippen LogP contribution in [0.2, 0.25) is 0 Å². The van der Waals surface area contributed by atoms with Crippen molar-refractivity contribution in [3.05, 3.63) is 65.7 Å². The molecule has 2 aromatic rings. The normalized spacial score (nSPS) is 11.3. The van der Waals surface area contributed by atoms with Gasteiger partial charge in [0.15, 0.2) is 0 Å². The van der Waals surface area contributed by atoms with Crippen molar-refractivity contribution >= 4 is 18.4 Å². The van der Waals surface area contributed by atoms with E-state index in [1.807, 2.05) is 18.2 Å². The van der Waals surface area contributed by atoms with E-state index in [4.69, 9.17) is 15.2 Å². The molecule has 4 nitrogen and oxygen atoms in total. The van der Waals surface area contributed by atoms with Crippen molar-refractivity contribution in [3.8, 4) is 5.75 Å². The molecule has 0 aliphatic rings. The van der Waals surface area contributed by atoms with Gasteiger partial charge < -0.3 is 15.2 Å². The molecule has 148 valence electrons. The van der Waals surface area contributed by atoms with E-state index in [9.17, 15) is 4.79 Å². The van der Waals surface area contributed by atoms with Gasteiger partial charge in [0.2, 0.25) is 0 Å². The molecule has 2 N–H and O–H groups in total. The zero-order valence-electron chi connectivity index (χ0n) is 15.9. The lowest BCUT2D eigenvalue weighted by Crippen LogP contribution is -2.32. The van der Waals surface area contributed by atoms with Crippen LogP contribution >= 0.6 is 12.4 Å². The minimum absolute atomic E-state index is 0. The van der Waals surface area contributed by atoms with E-state index in [1.165, 1.54) is 11.1 Å². The molecular formula is C22H30ClNO3. The van der Waals surface area contributed by atoms with Crippen LogP contribution in [0.4, 0.5) is 0 Å². The molecule has 0 heterocycles. The number of benzene rings is 2. The van der Waals surface area contributed by atoms with Crippen LogP contribution in [0, 0.1) is 0 Å². The van der Waals surface area contributed by atoms with Crippen LogP contribution in [0.15, 0.2) is 54.6 Å². The standard InChI is InChI=1S/C22H29NO3.ClH/c1-2-25-22(24)21(23)11-7-4-8-16-26-20-14-12-19(13-15-20)17-18-9-5-3-6-10-18;/h3,5-6,9-10,12-15,21H,2,4,7-8,11,16-17,23H2,1H3;1H. The van der Waals surface area contributed by atoms with E-state index in [1.54, 1.807) is 6.92 Å². The Bertz CT molecular complexity index is 646. The number of nitrogens with two attached hydrogens (primary N) is 1. The Labute approximate surface area is 168 Å². The zero-order valence-corrected chi connectivity index (χ0v) is 16.8. The number of ether oxygens (including phenoxy) is 2. The minimum Gasteiger partial charge on any atom is -0.494 e. The monoisotopic (exact) mass is 391 g/mol. The number of esters is 1. The van der Waals surface area contributed by atoms with Crippen molar-refractivity contribution in [1.82, 2.24) is 0 Å². The number of carbonyl (C=O) groups is 1. The average Bonchev–Trinajstić information content (AvgIpc) is 2.66. The van der Waals surface area contributed by atoms with Gasteiger partial charge >= 0.3 is 5.97 Å². The van der Waals surface area contributed by atoms with Gasteiger partial charge in [0, 0.05) is 0 Å². The lowest BCUT2D eigenvalue weighted by Gasteiger charge is -2.10. The molecule has 0 amide bonds. The molecule has 0 saturated carbocycles. The summed E-state index contributed by atoms with van der Waals surface area (Å²) in [6, 6.07) is 18.2. The molecule has 0 bridgehead atoms. The highest BCUT2D eigenvalue weighted by atomic mass is 35.5. The summed E-state index contributed by atoms with van der Waals surface area (Å²) in [5.74, 6) is 0.587. The quantitative estimate of drug-likeness (QED) is 0.451. The molecule has 0 fully saturated rings. The third kappa shape index (κ3) is 8.94. The SMILES string of the molecule is CCOC(=O)C(N)CCCCCOc1ccc(Cc2ccccc2)cc1.Cl. The number of hydrogen-bond donors (Lipinski definition) is 1. The Hall–Kier alpha value is -2.04. The van der Waals surface area contributed by atoms with Crippen LogP contribution in [-0.2, 0) is 16.0 Å². The second kappa shape index (κ2) is 13.2. The maximum Gasteiger partial charge on any atom is 0.322 e. The van der Waals surface area contributed by atoms with Crippen LogP contribution in [0.25, 0.3) is 0 Å². The fourth-order valence-corrected chi connectivity index (χ4v) is 2.74. The zero-order chi connectivity index (χ0) is 18.6. The van der Waals surface area contributed by atoms with Crippen LogP contribution in [-0.4, -0.2) is 25.2 Å². The van der Waals surface area contributed by atoms with Crippen molar-refractivity contribution in [2.75, 3.05) is 13.2 Å². The molecule has 27 heavy (non-hydrogen) atoms. The molecule has 0 aromatic heterocycles. The molecule has 0 spiro atoms. The van der Waals surface area contributed by atoms with E-state index < -0.39 is 6.04 Å². The third-order valence-electron chi connectivity index (χ3n) is 4.19. The summed E-state index contributed by atoms with van der Waals surface area (Å²) in [6.45, 7) is 2.84. The minimum atomic E-state index is -0.506. The number of halogens is 1. The van der Waals surface area contributed by atoms with Gasteiger partial charge in [-0.3, -0.25) is 4.79 Å². The maximum atomic E-state index is 11.4. The number of unbranched alkanes of at least 4 members (excludes halogenated alkanes) is 2. The lowest BCUT2D eigenvalue weighted by molar-refractivity contribution is -0.144. The molecule has 1 atom stereocenters. The van der Waals surface area contributed by atoms with Crippen LogP contribution in [0.5, 0.6) is 5.75 Å². The van der Waals surface area contributed by atoms with Crippen LogP contribution in [0.3, 0.4) is 0 Å². The Morgan fingerprint density at radius 1 is 0.963 bits per heavy atom. The third-order valence-corrected chi connectivity index (χ3v) is 4.19. The van der Waals surface area contributed by atoms with Crippen molar-refractivity contribution < 1.29 is 14.3 Å². The topological polar surface area (TPSA) is 61.5 Å². The van der Waals surface area contributed by atoms with E-state index >= 15 is 0 Å². The van der Waals surface area contributed by atoms with Crippen molar-refractivity contribution in [2.24, 2.45) is 5.73 Å². The van der Waals surface area contributed by atoms with E-state index in [-0.39, 0.29) is 18.4 Å². The second-order valence-electron chi connectivity index (χ2n) is 6.36. The van der Waals surface area contributed by atoms with Gasteiger partial charge in [-0.15, -0.1) is 12.4 Å². The summed E-state index contributed by atoms with van der Waals surface area (Å²) in [5.41, 5.74) is 8.35. The lowest BCUT2D eigenvalue weighted by atomic mass is 10.1. The Balaban J connectivity index is 0.00000364. The highest BCUT2D eigenvalue weighted by Crippen LogP contribution is 2.16. The van der Waals surface area contributed by atoms with Gasteiger partial charge in [-0.1, -0.05) is 48.9 Å². The summed E-state index contributed by atoms with van der Waals surface area (Å²) in [6.07, 6.45) is 4.43. The van der Waals surface area contributed by atoms with E-state index in [0.717, 1.165) is 31.4 Å². The fraction of sp³-hybridized carbons (Fsp3) is 0.409. The molecule has 2 aromatic carbocycles. The van der Waals surface area contributed by atoms with E-state index in [2.05, 4.69) is 36.4 Å². The highest BCUT2D eigenvalue weighted by molar-refractivity contribution is 5.85. The first-order chi connectivity index (χ1) is 12.7. The molecule has 1 unspecified atom stereocenters. The van der Waals surface area contributed by atoms with Gasteiger partial charge in [0.1, 0.15) is 11.8 Å². The predicted octanol–water partition coefficient (Wildman–Crippen LogP) is 4.53. The second-order valence-corrected chi connectivity index (χ2v) is 6.36. The molecule has 0 saturated heterocycles. The van der Waals surface area contributed by atoms with Crippen molar-refractivity contribution in [3.63, 3.8) is 0 Å². The molecular weight excluding hydrogens is 362 g/mol. The Morgan fingerprint density at radius 3 is 2.30 bits per heavy atom. The van der Waals surface area contributed by atoms with Gasteiger partial charge in [-0.25, -0.2) is 0 Å². The molecule has 2 rings (SSSR count). The highest BCUT2D eigenvalue weighted by Gasteiger charge is 2.13. The largest absolute Gasteiger partial charge is 0.494 e. The molecule has 5 heteroatoms. The van der Waals surface area contributed by atoms with Gasteiger partial charge in [0.05, 0.1) is 13.2 Å². The number of hydrogen-bond acceptors (Lipinski definition) is 4. The fourth-order valence-electron chi connectivity index (χ4n) is 2.74. The number of carbonyl (C=O) groups excluding carboxylic acids is 1. The van der Waals surface area contributed by atoms with Crippen LogP contribution < -0.4 is 10.5 Å². The Kier molecular flexibility index (Phi) is 11.2. The maximum absolute atomic E-state index is 11.4. The van der Waals surface area contributed by atoms with Crippen LogP contribution in [0.1, 0.15) is 43.7 Å². The van der Waals surface area contributed by atoms with Gasteiger partial charge in [-0.05, 0) is 55.9 Å². The summed E-state index contributed by atoms with van der Waals surface area (Å²) in [5, 5.41) is 0.